The topological polar surface area (TPSA) is 68.3 Å². The highest BCUT2D eigenvalue weighted by molar-refractivity contribution is 8.10. The van der Waals surface area contributed by atoms with Gasteiger partial charge in [-0.2, -0.15) is 0 Å². The van der Waals surface area contributed by atoms with Crippen molar-refractivity contribution in [3.63, 3.8) is 0 Å². The van der Waals surface area contributed by atoms with Gasteiger partial charge in [-0.15, -0.1) is 18.4 Å². The van der Waals surface area contributed by atoms with E-state index in [4.69, 9.17) is 0 Å². The van der Waals surface area contributed by atoms with Crippen LogP contribution in [0.3, 0.4) is 0 Å². The van der Waals surface area contributed by atoms with Gasteiger partial charge in [-0.25, -0.2) is 16.8 Å². The van der Waals surface area contributed by atoms with Gasteiger partial charge in [0, 0.05) is 12.8 Å². The molecular formula is C20H20O4S2. The maximum absolute atomic E-state index is 13.5. The SMILES string of the molecule is C=CCC(CC#CC)(S(=O)(=O)c1ccccc1)S(=O)(=O)c1ccccc1. The van der Waals surface area contributed by atoms with E-state index < -0.39 is 23.8 Å². The summed E-state index contributed by atoms with van der Waals surface area (Å²) < 4.78 is 51.8. The second-order valence-corrected chi connectivity index (χ2v) is 10.4. The molecule has 6 heteroatoms. The molecule has 0 radical (unpaired) electrons. The average Bonchev–Trinajstić information content (AvgIpc) is 2.66. The quantitative estimate of drug-likeness (QED) is 0.537. The van der Waals surface area contributed by atoms with Crippen molar-refractivity contribution in [1.82, 2.24) is 0 Å². The Kier molecular flexibility index (Phi) is 6.06. The highest BCUT2D eigenvalue weighted by atomic mass is 32.3. The maximum atomic E-state index is 13.5. The number of rotatable bonds is 7. The van der Waals surface area contributed by atoms with Gasteiger partial charge < -0.3 is 0 Å². The average molecular weight is 389 g/mol. The fraction of sp³-hybridized carbons (Fsp3) is 0.200. The Hall–Kier alpha value is -2.36. The van der Waals surface area contributed by atoms with Gasteiger partial charge in [0.25, 0.3) is 0 Å². The van der Waals surface area contributed by atoms with E-state index in [-0.39, 0.29) is 22.6 Å². The molecule has 0 heterocycles. The largest absolute Gasteiger partial charge is 0.222 e. The molecule has 0 saturated heterocycles. The molecule has 0 N–H and O–H groups in total. The number of benzene rings is 2. The minimum atomic E-state index is -4.26. The normalized spacial score (nSPS) is 12.0. The van der Waals surface area contributed by atoms with E-state index in [0.717, 1.165) is 0 Å². The third kappa shape index (κ3) is 3.33. The summed E-state index contributed by atoms with van der Waals surface area (Å²) in [6.07, 6.45) is 0.707. The van der Waals surface area contributed by atoms with Crippen molar-refractivity contribution >= 4 is 19.7 Å². The molecule has 0 unspecified atom stereocenters. The van der Waals surface area contributed by atoms with Crippen molar-refractivity contribution in [2.75, 3.05) is 0 Å². The zero-order chi connectivity index (χ0) is 19.3. The smallest absolute Gasteiger partial charge is 0.200 e. The molecule has 2 rings (SSSR count). The fourth-order valence-corrected chi connectivity index (χ4v) is 7.52. The van der Waals surface area contributed by atoms with Gasteiger partial charge in [-0.1, -0.05) is 42.5 Å². The molecule has 0 saturated carbocycles. The molecule has 0 aromatic heterocycles. The monoisotopic (exact) mass is 388 g/mol. The molecule has 2 aromatic rings. The predicted molar refractivity (Wildman–Crippen MR) is 103 cm³/mol. The summed E-state index contributed by atoms with van der Waals surface area (Å²) in [5.41, 5.74) is 0. The van der Waals surface area contributed by atoms with Crippen LogP contribution in [0.1, 0.15) is 19.8 Å². The number of sulfone groups is 2. The van der Waals surface area contributed by atoms with Crippen molar-refractivity contribution in [1.29, 1.82) is 0 Å². The Morgan fingerprint density at radius 3 is 1.65 bits per heavy atom. The molecule has 0 aliphatic rings. The van der Waals surface area contributed by atoms with E-state index in [1.807, 2.05) is 0 Å². The van der Waals surface area contributed by atoms with E-state index in [1.54, 1.807) is 43.3 Å². The molecule has 4 nitrogen and oxygen atoms in total. The molecule has 0 spiro atoms. The molecule has 0 aliphatic heterocycles. The summed E-state index contributed by atoms with van der Waals surface area (Å²) in [7, 11) is -8.53. The van der Waals surface area contributed by atoms with E-state index in [0.29, 0.717) is 0 Å². The standard InChI is InChI=1S/C20H20O4S2/c1-3-5-17-20(16-4-2,25(21,22)18-12-8-6-9-13-18)26(23,24)19-14-10-7-11-15-19/h4,6-15H,2,16-17H2,1H3. The lowest BCUT2D eigenvalue weighted by Crippen LogP contribution is -2.46. The second-order valence-electron chi connectivity index (χ2n) is 5.64. The Bertz CT molecular complexity index is 958. The van der Waals surface area contributed by atoms with Gasteiger partial charge in [0.05, 0.1) is 9.79 Å². The van der Waals surface area contributed by atoms with Gasteiger partial charge in [0.15, 0.2) is 23.8 Å². The van der Waals surface area contributed by atoms with Crippen molar-refractivity contribution in [2.24, 2.45) is 0 Å². The minimum Gasteiger partial charge on any atom is -0.222 e. The highest BCUT2D eigenvalue weighted by Crippen LogP contribution is 2.41. The van der Waals surface area contributed by atoms with E-state index >= 15 is 0 Å². The van der Waals surface area contributed by atoms with Crippen LogP contribution >= 0.6 is 0 Å². The molecule has 0 amide bonds. The third-order valence-corrected chi connectivity index (χ3v) is 9.76. The van der Waals surface area contributed by atoms with Crippen LogP contribution in [-0.4, -0.2) is 20.9 Å². The van der Waals surface area contributed by atoms with Crippen LogP contribution in [0.25, 0.3) is 0 Å². The molecule has 2 aromatic carbocycles. The fourth-order valence-electron chi connectivity index (χ4n) is 2.70. The molecule has 0 atom stereocenters. The second kappa shape index (κ2) is 7.90. The van der Waals surface area contributed by atoms with E-state index in [1.165, 1.54) is 30.3 Å². The first kappa shape index (κ1) is 20.0. The Morgan fingerprint density at radius 2 is 1.31 bits per heavy atom. The molecule has 26 heavy (non-hydrogen) atoms. The first-order chi connectivity index (χ1) is 12.3. The zero-order valence-electron chi connectivity index (χ0n) is 14.4. The van der Waals surface area contributed by atoms with Crippen LogP contribution < -0.4 is 0 Å². The maximum Gasteiger partial charge on any atom is 0.200 e. The summed E-state index contributed by atoms with van der Waals surface area (Å²) in [5, 5.41) is 0. The summed E-state index contributed by atoms with van der Waals surface area (Å²) in [6.45, 7) is 5.14. The van der Waals surface area contributed by atoms with Gasteiger partial charge in [0.1, 0.15) is 0 Å². The summed E-state index contributed by atoms with van der Waals surface area (Å²) in [5.74, 6) is 5.28. The van der Waals surface area contributed by atoms with Crippen LogP contribution in [0.5, 0.6) is 0 Å². The van der Waals surface area contributed by atoms with Crippen molar-refractivity contribution in [2.45, 2.75) is 33.6 Å². The van der Waals surface area contributed by atoms with Gasteiger partial charge in [-0.05, 0) is 31.2 Å². The van der Waals surface area contributed by atoms with Crippen LogP contribution in [0.4, 0.5) is 0 Å². The van der Waals surface area contributed by atoms with Crippen LogP contribution in [-0.2, 0) is 19.7 Å². The molecule has 0 bridgehead atoms. The summed E-state index contributed by atoms with van der Waals surface area (Å²) in [4.78, 5) is -0.112. The van der Waals surface area contributed by atoms with Gasteiger partial charge >= 0.3 is 0 Å². The number of hydrogen-bond donors (Lipinski definition) is 0. The van der Waals surface area contributed by atoms with Crippen LogP contribution in [0.15, 0.2) is 83.1 Å². The predicted octanol–water partition coefficient (Wildman–Crippen LogP) is 3.62. The number of allylic oxidation sites excluding steroid dienone is 1. The lowest BCUT2D eigenvalue weighted by molar-refractivity contribution is 0.539. The summed E-state index contributed by atoms with van der Waals surface area (Å²) >= 11 is 0. The van der Waals surface area contributed by atoms with Crippen molar-refractivity contribution in [3.8, 4) is 11.8 Å². The Labute approximate surface area is 155 Å². The van der Waals surface area contributed by atoms with Gasteiger partial charge in [0.2, 0.25) is 0 Å². The van der Waals surface area contributed by atoms with Crippen LogP contribution in [0, 0.1) is 11.8 Å². The van der Waals surface area contributed by atoms with Gasteiger partial charge in [-0.3, -0.25) is 0 Å². The Balaban J connectivity index is 2.86. The highest BCUT2D eigenvalue weighted by Gasteiger charge is 2.54. The summed E-state index contributed by atoms with van der Waals surface area (Å²) in [6, 6.07) is 15.2. The minimum absolute atomic E-state index is 0.0562. The third-order valence-electron chi connectivity index (χ3n) is 4.08. The van der Waals surface area contributed by atoms with E-state index in [9.17, 15) is 16.8 Å². The van der Waals surface area contributed by atoms with E-state index in [2.05, 4.69) is 18.4 Å². The molecular weight excluding hydrogens is 368 g/mol. The lowest BCUT2D eigenvalue weighted by Gasteiger charge is -2.30. The van der Waals surface area contributed by atoms with Crippen molar-refractivity contribution in [3.05, 3.63) is 73.3 Å². The molecule has 0 aliphatic carbocycles. The molecule has 136 valence electrons. The first-order valence-electron chi connectivity index (χ1n) is 7.93. The number of hydrogen-bond acceptors (Lipinski definition) is 4. The Morgan fingerprint density at radius 1 is 0.885 bits per heavy atom. The molecule has 0 fully saturated rings. The first-order valence-corrected chi connectivity index (χ1v) is 10.9. The van der Waals surface area contributed by atoms with Crippen molar-refractivity contribution < 1.29 is 16.8 Å². The zero-order valence-corrected chi connectivity index (χ0v) is 16.1. The van der Waals surface area contributed by atoms with Crippen LogP contribution in [0.2, 0.25) is 0 Å². The lowest BCUT2D eigenvalue weighted by atomic mass is 10.2.